The van der Waals surface area contributed by atoms with E-state index in [0.29, 0.717) is 5.75 Å². The van der Waals surface area contributed by atoms with Crippen LogP contribution in [0.1, 0.15) is 5.69 Å². The second kappa shape index (κ2) is 6.32. The van der Waals surface area contributed by atoms with Gasteiger partial charge in [-0.15, -0.1) is 5.10 Å². The molecular weight excluding hydrogens is 346 g/mol. The minimum Gasteiger partial charge on any atom is -0.494 e. The summed E-state index contributed by atoms with van der Waals surface area (Å²) in [5.41, 5.74) is 3.67. The molecule has 5 rings (SSSR count). The zero-order valence-electron chi connectivity index (χ0n) is 14.6. The summed E-state index contributed by atoms with van der Waals surface area (Å²) in [7, 11) is 1.64. The molecule has 4 heterocycles. The normalized spacial score (nSPS) is 13.5. The zero-order valence-corrected chi connectivity index (χ0v) is 14.6. The standard InChI is InChI=1S/C17H17N9O/c1-27-16-9-12(26-11-20-22-23-26)2-3-15(16)24-6-5-19-17(24)14-8-13-10-18-4-7-25(13)21-14/h2-3,5-6,8-9,11,18H,4,7,10H2,1H3. The number of aromatic nitrogens is 8. The van der Waals surface area contributed by atoms with Crippen LogP contribution in [0, 0.1) is 0 Å². The Bertz CT molecular complexity index is 1060. The van der Waals surface area contributed by atoms with Crippen LogP contribution in [0.5, 0.6) is 5.75 Å². The van der Waals surface area contributed by atoms with Crippen molar-refractivity contribution in [2.75, 3.05) is 13.7 Å². The molecule has 0 spiro atoms. The topological polar surface area (TPSA) is 101 Å². The lowest BCUT2D eigenvalue weighted by Gasteiger charge is -2.13. The lowest BCUT2D eigenvalue weighted by Crippen LogP contribution is -2.28. The number of nitrogens with zero attached hydrogens (tertiary/aromatic N) is 8. The van der Waals surface area contributed by atoms with Gasteiger partial charge in [0.05, 0.1) is 30.7 Å². The van der Waals surface area contributed by atoms with E-state index in [0.717, 1.165) is 48.2 Å². The van der Waals surface area contributed by atoms with Gasteiger partial charge in [0.15, 0.2) is 5.82 Å². The Kier molecular flexibility index (Phi) is 3.68. The van der Waals surface area contributed by atoms with E-state index in [2.05, 4.69) is 31.9 Å². The molecule has 0 radical (unpaired) electrons. The summed E-state index contributed by atoms with van der Waals surface area (Å²) < 4.78 is 11.2. The lowest BCUT2D eigenvalue weighted by molar-refractivity contribution is 0.412. The maximum atomic E-state index is 5.61. The van der Waals surface area contributed by atoms with Crippen LogP contribution in [0.3, 0.4) is 0 Å². The quantitative estimate of drug-likeness (QED) is 0.573. The first-order chi connectivity index (χ1) is 13.3. The largest absolute Gasteiger partial charge is 0.494 e. The molecule has 0 fully saturated rings. The maximum Gasteiger partial charge on any atom is 0.165 e. The summed E-state index contributed by atoms with van der Waals surface area (Å²) in [4.78, 5) is 4.53. The van der Waals surface area contributed by atoms with Gasteiger partial charge >= 0.3 is 0 Å². The van der Waals surface area contributed by atoms with Crippen LogP contribution in [0.4, 0.5) is 0 Å². The fraction of sp³-hybridized carbons (Fsp3) is 0.235. The van der Waals surface area contributed by atoms with Gasteiger partial charge in [0.1, 0.15) is 17.8 Å². The predicted molar refractivity (Wildman–Crippen MR) is 95.8 cm³/mol. The summed E-state index contributed by atoms with van der Waals surface area (Å²) in [6.45, 7) is 2.60. The molecule has 0 aliphatic carbocycles. The van der Waals surface area contributed by atoms with E-state index in [4.69, 9.17) is 9.84 Å². The molecule has 0 unspecified atom stereocenters. The number of tetrazole rings is 1. The molecule has 1 aromatic carbocycles. The number of hydrogen-bond acceptors (Lipinski definition) is 7. The summed E-state index contributed by atoms with van der Waals surface area (Å²) in [6.07, 6.45) is 5.21. The first-order valence-electron chi connectivity index (χ1n) is 8.56. The first kappa shape index (κ1) is 15.7. The molecule has 0 saturated carbocycles. The molecule has 0 saturated heterocycles. The molecule has 0 atom stereocenters. The smallest absolute Gasteiger partial charge is 0.165 e. The van der Waals surface area contributed by atoms with Crippen molar-refractivity contribution in [3.8, 4) is 28.6 Å². The highest BCUT2D eigenvalue weighted by molar-refractivity contribution is 5.60. The highest BCUT2D eigenvalue weighted by Gasteiger charge is 2.18. The summed E-state index contributed by atoms with van der Waals surface area (Å²) in [5.74, 6) is 1.46. The molecule has 1 aliphatic heterocycles. The molecule has 0 amide bonds. The SMILES string of the molecule is COc1cc(-n2cnnn2)ccc1-n1ccnc1-c1cc2n(n1)CCNC2. The van der Waals surface area contributed by atoms with Gasteiger partial charge in [0, 0.05) is 31.5 Å². The van der Waals surface area contributed by atoms with Crippen LogP contribution in [0.15, 0.2) is 43.0 Å². The van der Waals surface area contributed by atoms with Crippen molar-refractivity contribution in [3.05, 3.63) is 48.7 Å². The Labute approximate surface area is 154 Å². The lowest BCUT2D eigenvalue weighted by atomic mass is 10.2. The molecule has 10 nitrogen and oxygen atoms in total. The minimum atomic E-state index is 0.688. The Hall–Kier alpha value is -3.53. The summed E-state index contributed by atoms with van der Waals surface area (Å²) >= 11 is 0. The average Bonchev–Trinajstić information content (AvgIpc) is 3.47. The van der Waals surface area contributed by atoms with Gasteiger partial charge in [0.2, 0.25) is 0 Å². The Morgan fingerprint density at radius 3 is 3.00 bits per heavy atom. The number of rotatable bonds is 4. The molecule has 0 bridgehead atoms. The molecule has 3 aromatic heterocycles. The van der Waals surface area contributed by atoms with E-state index in [-0.39, 0.29) is 0 Å². The van der Waals surface area contributed by atoms with Crippen molar-refractivity contribution in [3.63, 3.8) is 0 Å². The molecule has 4 aromatic rings. The third-order valence-corrected chi connectivity index (χ3v) is 4.58. The van der Waals surface area contributed by atoms with Crippen LogP contribution in [0.25, 0.3) is 22.9 Å². The Morgan fingerprint density at radius 2 is 2.19 bits per heavy atom. The van der Waals surface area contributed by atoms with Crippen molar-refractivity contribution in [1.29, 1.82) is 0 Å². The maximum absolute atomic E-state index is 5.61. The second-order valence-electron chi connectivity index (χ2n) is 6.15. The van der Waals surface area contributed by atoms with E-state index in [9.17, 15) is 0 Å². The van der Waals surface area contributed by atoms with Crippen molar-refractivity contribution >= 4 is 0 Å². The highest BCUT2D eigenvalue weighted by atomic mass is 16.5. The van der Waals surface area contributed by atoms with Crippen molar-refractivity contribution < 1.29 is 4.74 Å². The predicted octanol–water partition coefficient (Wildman–Crippen LogP) is 0.823. The molecule has 27 heavy (non-hydrogen) atoms. The average molecular weight is 363 g/mol. The van der Waals surface area contributed by atoms with E-state index in [1.165, 1.54) is 0 Å². The third-order valence-electron chi connectivity index (χ3n) is 4.58. The van der Waals surface area contributed by atoms with Gasteiger partial charge in [-0.2, -0.15) is 5.10 Å². The molecule has 1 aliphatic rings. The number of benzene rings is 1. The summed E-state index contributed by atoms with van der Waals surface area (Å²) in [5, 5.41) is 19.3. The molecule has 10 heteroatoms. The van der Waals surface area contributed by atoms with Crippen LogP contribution in [-0.4, -0.2) is 53.2 Å². The molecule has 136 valence electrons. The number of fused-ring (bicyclic) bond motifs is 1. The van der Waals surface area contributed by atoms with E-state index < -0.39 is 0 Å². The highest BCUT2D eigenvalue weighted by Crippen LogP contribution is 2.29. The number of imidazole rings is 1. The van der Waals surface area contributed by atoms with Crippen molar-refractivity contribution in [1.82, 2.24) is 44.9 Å². The van der Waals surface area contributed by atoms with Crippen LogP contribution in [0.2, 0.25) is 0 Å². The van der Waals surface area contributed by atoms with Gasteiger partial charge in [-0.05, 0) is 28.6 Å². The monoisotopic (exact) mass is 363 g/mol. The molecule has 1 N–H and O–H groups in total. The van der Waals surface area contributed by atoms with Crippen LogP contribution in [-0.2, 0) is 13.1 Å². The van der Waals surface area contributed by atoms with Crippen molar-refractivity contribution in [2.24, 2.45) is 0 Å². The molecular formula is C17H17N9O. The van der Waals surface area contributed by atoms with Gasteiger partial charge in [-0.1, -0.05) is 0 Å². The first-order valence-corrected chi connectivity index (χ1v) is 8.56. The number of methoxy groups -OCH3 is 1. The number of hydrogen-bond donors (Lipinski definition) is 1. The van der Waals surface area contributed by atoms with Gasteiger partial charge < -0.3 is 10.1 Å². The third kappa shape index (κ3) is 2.66. The minimum absolute atomic E-state index is 0.688. The van der Waals surface area contributed by atoms with Crippen LogP contribution >= 0.6 is 0 Å². The van der Waals surface area contributed by atoms with Gasteiger partial charge in [0.25, 0.3) is 0 Å². The number of ether oxygens (including phenoxy) is 1. The van der Waals surface area contributed by atoms with E-state index in [1.54, 1.807) is 24.3 Å². The van der Waals surface area contributed by atoms with E-state index in [1.807, 2.05) is 33.6 Å². The fourth-order valence-electron chi connectivity index (χ4n) is 3.28. The fourth-order valence-corrected chi connectivity index (χ4v) is 3.28. The number of nitrogens with one attached hydrogen (secondary N) is 1. The van der Waals surface area contributed by atoms with Gasteiger partial charge in [-0.25, -0.2) is 9.67 Å². The Balaban J connectivity index is 1.58. The van der Waals surface area contributed by atoms with Crippen LogP contribution < -0.4 is 10.1 Å². The summed E-state index contributed by atoms with van der Waals surface area (Å²) in [6, 6.07) is 7.85. The zero-order chi connectivity index (χ0) is 18.2. The second-order valence-corrected chi connectivity index (χ2v) is 6.15. The van der Waals surface area contributed by atoms with E-state index >= 15 is 0 Å². The van der Waals surface area contributed by atoms with Crippen molar-refractivity contribution in [2.45, 2.75) is 13.1 Å². The van der Waals surface area contributed by atoms with Gasteiger partial charge in [-0.3, -0.25) is 9.25 Å². The Morgan fingerprint density at radius 1 is 1.22 bits per heavy atom.